The molecule has 3 rings (SSSR count). The number of aromatic carboxylic acids is 1. The molecule has 0 saturated heterocycles. The van der Waals surface area contributed by atoms with Crippen LogP contribution >= 0.6 is 0 Å². The summed E-state index contributed by atoms with van der Waals surface area (Å²) in [7, 11) is 0. The number of carboxylic acids is 1. The van der Waals surface area contributed by atoms with Gasteiger partial charge in [0.15, 0.2) is 0 Å². The lowest BCUT2D eigenvalue weighted by molar-refractivity contribution is 0.0695. The number of fused-ring (bicyclic) bond motifs is 1. The van der Waals surface area contributed by atoms with Crippen molar-refractivity contribution in [3.63, 3.8) is 0 Å². The zero-order valence-corrected chi connectivity index (χ0v) is 11.2. The summed E-state index contributed by atoms with van der Waals surface area (Å²) < 4.78 is 3.44. The maximum atomic E-state index is 12.2. The largest absolute Gasteiger partial charge is 0.477 e. The molecule has 0 bridgehead atoms. The van der Waals surface area contributed by atoms with Crippen LogP contribution < -0.4 is 5.43 Å². The van der Waals surface area contributed by atoms with Gasteiger partial charge >= 0.3 is 5.97 Å². The van der Waals surface area contributed by atoms with Crippen LogP contribution in [0.15, 0.2) is 42.0 Å². The molecule has 0 aliphatic rings. The highest BCUT2D eigenvalue weighted by molar-refractivity contribution is 5.92. The van der Waals surface area contributed by atoms with Crippen LogP contribution in [0, 0.1) is 0 Å². The molecule has 0 aromatic carbocycles. The number of imidazole rings is 1. The van der Waals surface area contributed by atoms with Crippen LogP contribution in [0.2, 0.25) is 0 Å². The first-order valence-corrected chi connectivity index (χ1v) is 6.36. The average Bonchev–Trinajstić information content (AvgIpc) is 3.01. The first-order valence-electron chi connectivity index (χ1n) is 6.36. The fraction of sp³-hybridized carbons (Fsp3) is 0.143. The topological polar surface area (TPSA) is 90.0 Å². The number of carboxylic acid groups (broad SMARTS) is 1. The monoisotopic (exact) mass is 284 g/mol. The highest BCUT2D eigenvalue weighted by atomic mass is 16.4. The summed E-state index contributed by atoms with van der Waals surface area (Å²) >= 11 is 0. The molecule has 7 heteroatoms. The van der Waals surface area contributed by atoms with Crippen LogP contribution in [0.4, 0.5) is 0 Å². The number of hydrogen-bond acceptors (Lipinski definition) is 4. The van der Waals surface area contributed by atoms with Crippen LogP contribution in [0.3, 0.4) is 0 Å². The third kappa shape index (κ3) is 2.08. The number of carbonyl (C=O) groups is 1. The Hall–Kier alpha value is -2.96. The van der Waals surface area contributed by atoms with E-state index in [0.717, 1.165) is 0 Å². The van der Waals surface area contributed by atoms with Gasteiger partial charge in [-0.2, -0.15) is 0 Å². The molecule has 0 fully saturated rings. The Kier molecular flexibility index (Phi) is 3.02. The van der Waals surface area contributed by atoms with Crippen molar-refractivity contribution in [1.82, 2.24) is 19.1 Å². The van der Waals surface area contributed by atoms with Gasteiger partial charge in [0.25, 0.3) is 0 Å². The molecular formula is C14H12N4O3. The molecule has 7 nitrogen and oxygen atoms in total. The van der Waals surface area contributed by atoms with E-state index in [2.05, 4.69) is 9.97 Å². The van der Waals surface area contributed by atoms with E-state index < -0.39 is 11.4 Å². The highest BCUT2D eigenvalue weighted by Gasteiger charge is 2.15. The third-order valence-corrected chi connectivity index (χ3v) is 3.29. The van der Waals surface area contributed by atoms with Crippen LogP contribution in [0.25, 0.3) is 16.7 Å². The quantitative estimate of drug-likeness (QED) is 0.783. The zero-order chi connectivity index (χ0) is 15.0. The first-order chi connectivity index (χ1) is 10.1. The molecule has 0 radical (unpaired) electrons. The standard InChI is InChI=1S/C14H12N4O3/c1-2-17-7-10(14(20)21)13(19)9-6-16-12(5-11(9)17)18-4-3-15-8-18/h3-8H,2H2,1H3,(H,20,21). The normalized spacial score (nSPS) is 10.9. The van der Waals surface area contributed by atoms with E-state index in [1.165, 1.54) is 12.4 Å². The molecular weight excluding hydrogens is 272 g/mol. The number of nitrogens with zero attached hydrogens (tertiary/aromatic N) is 4. The Balaban J connectivity index is 2.34. The van der Waals surface area contributed by atoms with Crippen molar-refractivity contribution in [3.05, 3.63) is 53.0 Å². The molecule has 1 N–H and O–H groups in total. The van der Waals surface area contributed by atoms with Gasteiger partial charge in [-0.3, -0.25) is 9.36 Å². The summed E-state index contributed by atoms with van der Waals surface area (Å²) in [5.74, 6) is -0.618. The summed E-state index contributed by atoms with van der Waals surface area (Å²) in [6.45, 7) is 2.43. The number of rotatable bonds is 3. The van der Waals surface area contributed by atoms with E-state index in [1.54, 1.807) is 33.9 Å². The SMILES string of the molecule is CCn1cc(C(=O)O)c(=O)c2cnc(-n3ccnc3)cc21. The average molecular weight is 284 g/mol. The maximum absolute atomic E-state index is 12.2. The molecule has 0 aliphatic carbocycles. The molecule has 3 aromatic heterocycles. The van der Waals surface area contributed by atoms with Gasteiger partial charge in [0, 0.05) is 37.4 Å². The van der Waals surface area contributed by atoms with E-state index in [1.807, 2.05) is 6.92 Å². The molecule has 3 heterocycles. The predicted molar refractivity (Wildman–Crippen MR) is 75.8 cm³/mol. The fourth-order valence-electron chi connectivity index (χ4n) is 2.23. The Morgan fingerprint density at radius 1 is 1.43 bits per heavy atom. The van der Waals surface area contributed by atoms with Gasteiger partial charge in [-0.15, -0.1) is 0 Å². The van der Waals surface area contributed by atoms with Crippen molar-refractivity contribution >= 4 is 16.9 Å². The van der Waals surface area contributed by atoms with E-state index in [-0.39, 0.29) is 5.56 Å². The second-order valence-electron chi connectivity index (χ2n) is 4.49. The maximum Gasteiger partial charge on any atom is 0.341 e. The lowest BCUT2D eigenvalue weighted by Crippen LogP contribution is -2.19. The van der Waals surface area contributed by atoms with Gasteiger partial charge in [-0.1, -0.05) is 0 Å². The Morgan fingerprint density at radius 3 is 2.86 bits per heavy atom. The van der Waals surface area contributed by atoms with Crippen LogP contribution in [-0.4, -0.2) is 30.2 Å². The highest BCUT2D eigenvalue weighted by Crippen LogP contribution is 2.15. The fourth-order valence-corrected chi connectivity index (χ4v) is 2.23. The number of aryl methyl sites for hydroxylation is 1. The third-order valence-electron chi connectivity index (χ3n) is 3.29. The molecule has 106 valence electrons. The van der Waals surface area contributed by atoms with Gasteiger partial charge < -0.3 is 9.67 Å². The van der Waals surface area contributed by atoms with Gasteiger partial charge in [-0.05, 0) is 6.92 Å². The van der Waals surface area contributed by atoms with Crippen LogP contribution in [0.1, 0.15) is 17.3 Å². The second-order valence-corrected chi connectivity index (χ2v) is 4.49. The number of aromatic nitrogens is 4. The van der Waals surface area contributed by atoms with E-state index in [0.29, 0.717) is 23.3 Å². The molecule has 21 heavy (non-hydrogen) atoms. The Morgan fingerprint density at radius 2 is 2.24 bits per heavy atom. The van der Waals surface area contributed by atoms with Crippen LogP contribution in [-0.2, 0) is 6.54 Å². The van der Waals surface area contributed by atoms with Crippen molar-refractivity contribution in [1.29, 1.82) is 0 Å². The van der Waals surface area contributed by atoms with Crippen molar-refractivity contribution in [2.75, 3.05) is 0 Å². The second kappa shape index (κ2) is 4.86. The molecule has 0 spiro atoms. The van der Waals surface area contributed by atoms with E-state index >= 15 is 0 Å². The lowest BCUT2D eigenvalue weighted by Gasteiger charge is -2.11. The van der Waals surface area contributed by atoms with Gasteiger partial charge in [0.1, 0.15) is 17.7 Å². The summed E-state index contributed by atoms with van der Waals surface area (Å²) in [6.07, 6.45) is 7.75. The van der Waals surface area contributed by atoms with E-state index in [9.17, 15) is 9.59 Å². The molecule has 0 atom stereocenters. The first kappa shape index (κ1) is 13.0. The Bertz CT molecular complexity index is 881. The molecule has 0 saturated carbocycles. The Labute approximate surface area is 119 Å². The minimum Gasteiger partial charge on any atom is -0.477 e. The summed E-state index contributed by atoms with van der Waals surface area (Å²) in [4.78, 5) is 31.5. The number of hydrogen-bond donors (Lipinski definition) is 1. The molecule has 0 aliphatic heterocycles. The molecule has 0 unspecified atom stereocenters. The van der Waals surface area contributed by atoms with Gasteiger partial charge in [0.05, 0.1) is 10.9 Å². The van der Waals surface area contributed by atoms with Crippen molar-refractivity contribution in [2.24, 2.45) is 0 Å². The number of pyridine rings is 2. The minimum atomic E-state index is -1.23. The van der Waals surface area contributed by atoms with Crippen LogP contribution in [0.5, 0.6) is 0 Å². The summed E-state index contributed by atoms with van der Waals surface area (Å²) in [5, 5.41) is 9.40. The van der Waals surface area contributed by atoms with Gasteiger partial charge in [-0.25, -0.2) is 14.8 Å². The van der Waals surface area contributed by atoms with Crippen molar-refractivity contribution in [3.8, 4) is 5.82 Å². The van der Waals surface area contributed by atoms with Gasteiger partial charge in [0.2, 0.25) is 5.43 Å². The lowest BCUT2D eigenvalue weighted by atomic mass is 10.1. The smallest absolute Gasteiger partial charge is 0.341 e. The van der Waals surface area contributed by atoms with Crippen molar-refractivity contribution in [2.45, 2.75) is 13.5 Å². The zero-order valence-electron chi connectivity index (χ0n) is 11.2. The molecule has 3 aromatic rings. The van der Waals surface area contributed by atoms with Crippen molar-refractivity contribution < 1.29 is 9.90 Å². The molecule has 0 amide bonds. The minimum absolute atomic E-state index is 0.249. The predicted octanol–water partition coefficient (Wildman–Crippen LogP) is 1.30. The summed E-state index contributed by atoms with van der Waals surface area (Å²) in [6, 6.07) is 1.74. The summed E-state index contributed by atoms with van der Waals surface area (Å²) in [5.41, 5.74) is -0.125. The van der Waals surface area contributed by atoms with E-state index in [4.69, 9.17) is 5.11 Å².